The minimum atomic E-state index is -0.0686. The maximum atomic E-state index is 12.7. The van der Waals surface area contributed by atoms with Crippen LogP contribution in [0.2, 0.25) is 0 Å². The van der Waals surface area contributed by atoms with Crippen molar-refractivity contribution in [2.75, 3.05) is 0 Å². The Balaban J connectivity index is 2.14. The molecule has 3 aromatic rings. The number of hydrogen-bond donors (Lipinski definition) is 0. The van der Waals surface area contributed by atoms with Crippen molar-refractivity contribution in [1.29, 1.82) is 0 Å². The zero-order valence-corrected chi connectivity index (χ0v) is 10.6. The van der Waals surface area contributed by atoms with Gasteiger partial charge in [0.25, 0.3) is 0 Å². The van der Waals surface area contributed by atoms with E-state index in [9.17, 15) is 9.59 Å². The van der Waals surface area contributed by atoms with Gasteiger partial charge < -0.3 is 0 Å². The molecule has 0 aromatic heterocycles. The summed E-state index contributed by atoms with van der Waals surface area (Å²) < 4.78 is 0. The molecule has 2 nitrogen and oxygen atoms in total. The lowest BCUT2D eigenvalue weighted by atomic mass is 9.82. The second kappa shape index (κ2) is 3.87. The first kappa shape index (κ1) is 11.1. The van der Waals surface area contributed by atoms with Crippen molar-refractivity contribution in [3.05, 3.63) is 82.9 Å². The summed E-state index contributed by atoms with van der Waals surface area (Å²) in [6, 6.07) is 18.3. The molecule has 4 rings (SSSR count). The first-order valence-corrected chi connectivity index (χ1v) is 6.47. The molecule has 2 heteroatoms. The lowest BCUT2D eigenvalue weighted by molar-refractivity contribution is 0.0980. The fourth-order valence-corrected chi connectivity index (χ4v) is 2.86. The molecular formula is C18H10O2. The second-order valence-electron chi connectivity index (χ2n) is 4.91. The Hall–Kier alpha value is -2.74. The highest BCUT2D eigenvalue weighted by molar-refractivity contribution is 6.32. The third kappa shape index (κ3) is 1.33. The van der Waals surface area contributed by atoms with Crippen LogP contribution in [0, 0.1) is 0 Å². The average molecular weight is 258 g/mol. The number of ketones is 2. The van der Waals surface area contributed by atoms with Gasteiger partial charge in [-0.25, -0.2) is 0 Å². The van der Waals surface area contributed by atoms with Crippen LogP contribution in [0.4, 0.5) is 0 Å². The van der Waals surface area contributed by atoms with Crippen LogP contribution in [0.3, 0.4) is 0 Å². The van der Waals surface area contributed by atoms with Gasteiger partial charge in [0, 0.05) is 22.3 Å². The van der Waals surface area contributed by atoms with Gasteiger partial charge in [-0.1, -0.05) is 54.6 Å². The highest BCUT2D eigenvalue weighted by Crippen LogP contribution is 2.32. The van der Waals surface area contributed by atoms with Crippen LogP contribution < -0.4 is 0 Å². The van der Waals surface area contributed by atoms with Crippen molar-refractivity contribution in [2.45, 2.75) is 0 Å². The highest BCUT2D eigenvalue weighted by atomic mass is 16.1. The molecule has 0 amide bonds. The largest absolute Gasteiger partial charge is 0.289 e. The van der Waals surface area contributed by atoms with E-state index in [-0.39, 0.29) is 11.6 Å². The van der Waals surface area contributed by atoms with Gasteiger partial charge in [0.05, 0.1) is 0 Å². The summed E-state index contributed by atoms with van der Waals surface area (Å²) in [4.78, 5) is 25.3. The number of rotatable bonds is 0. The van der Waals surface area contributed by atoms with Gasteiger partial charge in [-0.15, -0.1) is 0 Å². The number of fused-ring (bicyclic) bond motifs is 4. The third-order valence-corrected chi connectivity index (χ3v) is 3.82. The van der Waals surface area contributed by atoms with Crippen LogP contribution in [0.25, 0.3) is 10.8 Å². The van der Waals surface area contributed by atoms with Crippen LogP contribution >= 0.6 is 0 Å². The van der Waals surface area contributed by atoms with E-state index in [4.69, 9.17) is 0 Å². The summed E-state index contributed by atoms with van der Waals surface area (Å²) in [6.07, 6.45) is 0. The molecule has 3 aromatic carbocycles. The molecule has 0 fully saturated rings. The van der Waals surface area contributed by atoms with E-state index in [1.807, 2.05) is 30.3 Å². The number of carbonyl (C=O) groups excluding carboxylic acids is 2. The monoisotopic (exact) mass is 258 g/mol. The quantitative estimate of drug-likeness (QED) is 0.483. The molecule has 0 saturated carbocycles. The standard InChI is InChI=1S/C18H10O2/c19-17-13-7-3-4-8-14(13)18(20)16-12-6-2-1-5-11(12)9-10-15(16)17/h1-10H. The van der Waals surface area contributed by atoms with Gasteiger partial charge in [-0.3, -0.25) is 9.59 Å². The van der Waals surface area contributed by atoms with E-state index in [1.54, 1.807) is 30.3 Å². The van der Waals surface area contributed by atoms with Crippen LogP contribution in [0.5, 0.6) is 0 Å². The van der Waals surface area contributed by atoms with Crippen molar-refractivity contribution in [2.24, 2.45) is 0 Å². The Morgan fingerprint density at radius 2 is 1.20 bits per heavy atom. The molecule has 0 heterocycles. The van der Waals surface area contributed by atoms with E-state index < -0.39 is 0 Å². The van der Waals surface area contributed by atoms with Crippen molar-refractivity contribution in [3.63, 3.8) is 0 Å². The predicted octanol–water partition coefficient (Wildman–Crippen LogP) is 3.62. The lowest BCUT2D eigenvalue weighted by Crippen LogP contribution is -2.21. The summed E-state index contributed by atoms with van der Waals surface area (Å²) in [5.74, 6) is -0.132. The predicted molar refractivity (Wildman–Crippen MR) is 77.3 cm³/mol. The van der Waals surface area contributed by atoms with Crippen molar-refractivity contribution >= 4 is 22.3 Å². The van der Waals surface area contributed by atoms with Crippen LogP contribution in [-0.2, 0) is 0 Å². The summed E-state index contributed by atoms with van der Waals surface area (Å²) in [5.41, 5.74) is 2.04. The highest BCUT2D eigenvalue weighted by Gasteiger charge is 2.30. The molecule has 94 valence electrons. The van der Waals surface area contributed by atoms with Crippen LogP contribution in [-0.4, -0.2) is 11.6 Å². The van der Waals surface area contributed by atoms with E-state index in [0.29, 0.717) is 22.3 Å². The number of carbonyl (C=O) groups is 2. The van der Waals surface area contributed by atoms with Gasteiger partial charge in [-0.05, 0) is 16.8 Å². The topological polar surface area (TPSA) is 34.1 Å². The molecule has 0 radical (unpaired) electrons. The van der Waals surface area contributed by atoms with Crippen molar-refractivity contribution in [1.82, 2.24) is 0 Å². The maximum absolute atomic E-state index is 12.7. The minimum Gasteiger partial charge on any atom is -0.289 e. The van der Waals surface area contributed by atoms with Gasteiger partial charge >= 0.3 is 0 Å². The molecule has 0 bridgehead atoms. The Labute approximate surface area is 115 Å². The summed E-state index contributed by atoms with van der Waals surface area (Å²) in [6.45, 7) is 0. The van der Waals surface area contributed by atoms with E-state index >= 15 is 0 Å². The van der Waals surface area contributed by atoms with Crippen molar-refractivity contribution in [3.8, 4) is 0 Å². The molecule has 1 aliphatic rings. The molecule has 0 saturated heterocycles. The Morgan fingerprint density at radius 3 is 2.00 bits per heavy atom. The molecule has 0 N–H and O–H groups in total. The molecule has 0 unspecified atom stereocenters. The van der Waals surface area contributed by atoms with E-state index in [0.717, 1.165) is 10.8 Å². The minimum absolute atomic E-state index is 0.0630. The summed E-state index contributed by atoms with van der Waals surface area (Å²) >= 11 is 0. The zero-order valence-electron chi connectivity index (χ0n) is 10.6. The molecule has 0 spiro atoms. The number of hydrogen-bond acceptors (Lipinski definition) is 2. The number of benzene rings is 3. The van der Waals surface area contributed by atoms with Gasteiger partial charge in [0.1, 0.15) is 0 Å². The Kier molecular flexibility index (Phi) is 2.15. The first-order valence-electron chi connectivity index (χ1n) is 6.47. The van der Waals surface area contributed by atoms with Crippen molar-refractivity contribution < 1.29 is 9.59 Å². The maximum Gasteiger partial charge on any atom is 0.195 e. The van der Waals surface area contributed by atoms with Crippen LogP contribution in [0.15, 0.2) is 60.7 Å². The second-order valence-corrected chi connectivity index (χ2v) is 4.91. The average Bonchev–Trinajstić information content (AvgIpc) is 2.51. The molecule has 20 heavy (non-hydrogen) atoms. The molecular weight excluding hydrogens is 248 g/mol. The van der Waals surface area contributed by atoms with E-state index in [1.165, 1.54) is 0 Å². The Morgan fingerprint density at radius 1 is 0.550 bits per heavy atom. The SMILES string of the molecule is O=C1c2ccccc2C(=O)c2c1ccc1ccccc21. The zero-order chi connectivity index (χ0) is 13.7. The molecule has 1 aliphatic carbocycles. The van der Waals surface area contributed by atoms with E-state index in [2.05, 4.69) is 0 Å². The lowest BCUT2D eigenvalue weighted by Gasteiger charge is -2.18. The first-order chi connectivity index (χ1) is 9.77. The smallest absolute Gasteiger partial charge is 0.195 e. The van der Waals surface area contributed by atoms with Gasteiger partial charge in [0.15, 0.2) is 11.6 Å². The molecule has 0 atom stereocenters. The van der Waals surface area contributed by atoms with Gasteiger partial charge in [0.2, 0.25) is 0 Å². The fraction of sp³-hybridized carbons (Fsp3) is 0. The summed E-state index contributed by atoms with van der Waals surface area (Å²) in [7, 11) is 0. The third-order valence-electron chi connectivity index (χ3n) is 3.82. The fourth-order valence-electron chi connectivity index (χ4n) is 2.86. The van der Waals surface area contributed by atoms with Gasteiger partial charge in [-0.2, -0.15) is 0 Å². The Bertz CT molecular complexity index is 891. The van der Waals surface area contributed by atoms with Crippen LogP contribution in [0.1, 0.15) is 31.8 Å². The normalized spacial score (nSPS) is 13.2. The summed E-state index contributed by atoms with van der Waals surface area (Å²) in [5, 5.41) is 1.82. The molecule has 0 aliphatic heterocycles.